The Morgan fingerprint density at radius 3 is 2.25 bits per heavy atom. The minimum Gasteiger partial charge on any atom is -0.353 e. The first-order valence-corrected chi connectivity index (χ1v) is 10.6. The van der Waals surface area contributed by atoms with E-state index in [1.54, 1.807) is 0 Å². The quantitative estimate of drug-likeness (QED) is 0.651. The fraction of sp³-hybridized carbons (Fsp3) is 0.632. The summed E-state index contributed by atoms with van der Waals surface area (Å²) in [6, 6.07) is 7.58. The predicted octanol–water partition coefficient (Wildman–Crippen LogP) is 3.81. The number of carbonyl (C=O) groups is 1. The summed E-state index contributed by atoms with van der Waals surface area (Å²) in [5.74, 6) is -0.534. The molecule has 0 aliphatic heterocycles. The maximum absolute atomic E-state index is 12.2. The summed E-state index contributed by atoms with van der Waals surface area (Å²) in [6.07, 6.45) is 4.19. The number of hydrogen-bond donors (Lipinski definition) is 1. The fourth-order valence-electron chi connectivity index (χ4n) is 2.59. The average molecular weight is 354 g/mol. The van der Waals surface area contributed by atoms with Gasteiger partial charge in [-0.2, -0.15) is 0 Å². The van der Waals surface area contributed by atoms with E-state index in [0.717, 1.165) is 31.2 Å². The minimum absolute atomic E-state index is 0.0181. The molecule has 5 heteroatoms. The predicted molar refractivity (Wildman–Crippen MR) is 99.8 cm³/mol. The van der Waals surface area contributed by atoms with Gasteiger partial charge in [0.15, 0.2) is 9.84 Å². The summed E-state index contributed by atoms with van der Waals surface area (Å²) < 4.78 is 24.4. The van der Waals surface area contributed by atoms with E-state index in [9.17, 15) is 13.2 Å². The van der Waals surface area contributed by atoms with Crippen LogP contribution in [0.3, 0.4) is 0 Å². The van der Waals surface area contributed by atoms with Crippen LogP contribution in [0, 0.1) is 0 Å². The van der Waals surface area contributed by atoms with Gasteiger partial charge in [-0.1, -0.05) is 64.3 Å². The molecule has 136 valence electrons. The molecule has 4 nitrogen and oxygen atoms in total. The van der Waals surface area contributed by atoms with Gasteiger partial charge >= 0.3 is 0 Å². The first kappa shape index (κ1) is 20.7. The van der Waals surface area contributed by atoms with Crippen LogP contribution in [0.1, 0.15) is 70.4 Å². The summed E-state index contributed by atoms with van der Waals surface area (Å²) in [7, 11) is -3.45. The monoisotopic (exact) mass is 353 g/mol. The van der Waals surface area contributed by atoms with Gasteiger partial charge in [-0.3, -0.25) is 4.79 Å². The largest absolute Gasteiger partial charge is 0.353 e. The SMILES string of the molecule is CCCCCC(C)NC(=O)CS(=O)(=O)Cc1ccc(C(C)C)cc1. The van der Waals surface area contributed by atoms with E-state index >= 15 is 0 Å². The molecular weight excluding hydrogens is 322 g/mol. The van der Waals surface area contributed by atoms with Crippen LogP contribution >= 0.6 is 0 Å². The Labute approximate surface area is 147 Å². The Balaban J connectivity index is 2.51. The second kappa shape index (κ2) is 9.82. The lowest BCUT2D eigenvalue weighted by Crippen LogP contribution is -2.37. The fourth-order valence-corrected chi connectivity index (χ4v) is 3.88. The smallest absolute Gasteiger partial charge is 0.235 e. The van der Waals surface area contributed by atoms with Crippen molar-refractivity contribution in [2.24, 2.45) is 0 Å². The lowest BCUT2D eigenvalue weighted by Gasteiger charge is -2.14. The van der Waals surface area contributed by atoms with Crippen LogP contribution in [0.4, 0.5) is 0 Å². The van der Waals surface area contributed by atoms with Crippen molar-refractivity contribution < 1.29 is 13.2 Å². The molecule has 0 aliphatic rings. The van der Waals surface area contributed by atoms with E-state index in [2.05, 4.69) is 26.1 Å². The van der Waals surface area contributed by atoms with Gasteiger partial charge in [0.1, 0.15) is 5.75 Å². The summed E-state index contributed by atoms with van der Waals surface area (Å²) >= 11 is 0. The molecule has 1 aromatic rings. The number of hydrogen-bond acceptors (Lipinski definition) is 3. The van der Waals surface area contributed by atoms with Crippen LogP contribution in [-0.2, 0) is 20.4 Å². The highest BCUT2D eigenvalue weighted by Gasteiger charge is 2.18. The molecule has 0 saturated heterocycles. The van der Waals surface area contributed by atoms with Crippen molar-refractivity contribution in [1.29, 1.82) is 0 Å². The van der Waals surface area contributed by atoms with Gasteiger partial charge in [0.2, 0.25) is 5.91 Å². The van der Waals surface area contributed by atoms with Gasteiger partial charge in [-0.05, 0) is 30.4 Å². The van der Waals surface area contributed by atoms with Crippen molar-refractivity contribution in [3.63, 3.8) is 0 Å². The van der Waals surface area contributed by atoms with E-state index in [-0.39, 0.29) is 11.8 Å². The zero-order chi connectivity index (χ0) is 18.2. The average Bonchev–Trinajstić information content (AvgIpc) is 2.46. The molecule has 0 radical (unpaired) electrons. The van der Waals surface area contributed by atoms with E-state index in [4.69, 9.17) is 0 Å². The zero-order valence-electron chi connectivity index (χ0n) is 15.3. The number of nitrogens with one attached hydrogen (secondary N) is 1. The Kier molecular flexibility index (Phi) is 8.46. The second-order valence-electron chi connectivity index (χ2n) is 6.89. The highest BCUT2D eigenvalue weighted by atomic mass is 32.2. The number of rotatable bonds is 10. The molecule has 1 amide bonds. The topological polar surface area (TPSA) is 63.2 Å². The Bertz CT molecular complexity index is 606. The van der Waals surface area contributed by atoms with Crippen molar-refractivity contribution >= 4 is 15.7 Å². The maximum Gasteiger partial charge on any atom is 0.235 e. The summed E-state index contributed by atoms with van der Waals surface area (Å²) in [5, 5.41) is 2.79. The lowest BCUT2D eigenvalue weighted by molar-refractivity contribution is -0.119. The third-order valence-corrected chi connectivity index (χ3v) is 5.51. The molecule has 1 rings (SSSR count). The van der Waals surface area contributed by atoms with Crippen molar-refractivity contribution in [2.45, 2.75) is 71.1 Å². The van der Waals surface area contributed by atoms with Crippen LogP contribution < -0.4 is 5.32 Å². The van der Waals surface area contributed by atoms with Gasteiger partial charge in [0.05, 0.1) is 5.75 Å². The molecule has 0 aliphatic carbocycles. The zero-order valence-corrected chi connectivity index (χ0v) is 16.2. The molecule has 1 N–H and O–H groups in total. The number of unbranched alkanes of at least 4 members (excludes halogenated alkanes) is 2. The third-order valence-electron chi connectivity index (χ3n) is 4.03. The number of benzene rings is 1. The summed E-state index contributed by atoms with van der Waals surface area (Å²) in [5.41, 5.74) is 1.90. The standard InChI is InChI=1S/C19H31NO3S/c1-5-6-7-8-16(4)20-19(21)14-24(22,23)13-17-9-11-18(12-10-17)15(2)3/h9-12,15-16H,5-8,13-14H2,1-4H3,(H,20,21). The summed E-state index contributed by atoms with van der Waals surface area (Å²) in [6.45, 7) is 8.24. The van der Waals surface area contributed by atoms with E-state index in [1.807, 2.05) is 31.2 Å². The molecule has 0 heterocycles. The highest BCUT2D eigenvalue weighted by molar-refractivity contribution is 7.91. The van der Waals surface area contributed by atoms with E-state index in [1.165, 1.54) is 5.56 Å². The Morgan fingerprint density at radius 1 is 1.08 bits per heavy atom. The molecule has 0 bridgehead atoms. The van der Waals surface area contributed by atoms with Crippen molar-refractivity contribution in [3.8, 4) is 0 Å². The molecule has 0 saturated carbocycles. The van der Waals surface area contributed by atoms with Gasteiger partial charge in [0, 0.05) is 6.04 Å². The molecule has 1 unspecified atom stereocenters. The van der Waals surface area contributed by atoms with E-state index in [0.29, 0.717) is 5.92 Å². The van der Waals surface area contributed by atoms with Gasteiger partial charge in [0.25, 0.3) is 0 Å². The number of sulfone groups is 1. The lowest BCUT2D eigenvalue weighted by atomic mass is 10.0. The molecule has 0 spiro atoms. The normalized spacial score (nSPS) is 13.0. The Hall–Kier alpha value is -1.36. The van der Waals surface area contributed by atoms with Crippen LogP contribution in [-0.4, -0.2) is 26.1 Å². The van der Waals surface area contributed by atoms with Crippen LogP contribution in [0.25, 0.3) is 0 Å². The first-order chi connectivity index (χ1) is 11.2. The van der Waals surface area contributed by atoms with Crippen molar-refractivity contribution in [1.82, 2.24) is 5.32 Å². The molecule has 0 aromatic heterocycles. The highest BCUT2D eigenvalue weighted by Crippen LogP contribution is 2.16. The minimum atomic E-state index is -3.45. The molecular formula is C19H31NO3S. The van der Waals surface area contributed by atoms with E-state index < -0.39 is 21.5 Å². The second-order valence-corrected chi connectivity index (χ2v) is 8.96. The van der Waals surface area contributed by atoms with Gasteiger partial charge in [-0.25, -0.2) is 8.42 Å². The number of amides is 1. The third kappa shape index (κ3) is 7.95. The first-order valence-electron chi connectivity index (χ1n) is 8.82. The molecule has 1 atom stereocenters. The van der Waals surface area contributed by atoms with Crippen molar-refractivity contribution in [3.05, 3.63) is 35.4 Å². The van der Waals surface area contributed by atoms with Crippen LogP contribution in [0.15, 0.2) is 24.3 Å². The molecule has 0 fully saturated rings. The molecule has 1 aromatic carbocycles. The summed E-state index contributed by atoms with van der Waals surface area (Å²) in [4.78, 5) is 11.9. The van der Waals surface area contributed by atoms with Crippen molar-refractivity contribution in [2.75, 3.05) is 5.75 Å². The van der Waals surface area contributed by atoms with Gasteiger partial charge in [-0.15, -0.1) is 0 Å². The van der Waals surface area contributed by atoms with Gasteiger partial charge < -0.3 is 5.32 Å². The van der Waals surface area contributed by atoms with Crippen LogP contribution in [0.2, 0.25) is 0 Å². The van der Waals surface area contributed by atoms with Crippen LogP contribution in [0.5, 0.6) is 0 Å². The Morgan fingerprint density at radius 2 is 1.71 bits per heavy atom. The number of carbonyl (C=O) groups excluding carboxylic acids is 1. The molecule has 24 heavy (non-hydrogen) atoms. The maximum atomic E-state index is 12.2.